The molecule has 1 aromatic heterocycles. The molecule has 7 heteroatoms. The van der Waals surface area contributed by atoms with Crippen molar-refractivity contribution in [2.75, 3.05) is 20.8 Å². The maximum Gasteiger partial charge on any atom is 0.258 e. The van der Waals surface area contributed by atoms with Gasteiger partial charge in [0.1, 0.15) is 5.82 Å². The van der Waals surface area contributed by atoms with Crippen LogP contribution in [0.1, 0.15) is 64.1 Å². The van der Waals surface area contributed by atoms with Gasteiger partial charge in [0.05, 0.1) is 31.7 Å². The normalized spacial score (nSPS) is 14.6. The summed E-state index contributed by atoms with van der Waals surface area (Å²) in [6, 6.07) is 3.31. The van der Waals surface area contributed by atoms with E-state index in [4.69, 9.17) is 9.47 Å². The molecule has 1 aromatic carbocycles. The average Bonchev–Trinajstić information content (AvgIpc) is 2.77. The number of hydrogen-bond acceptors (Lipinski definition) is 5. The lowest BCUT2D eigenvalue weighted by Crippen LogP contribution is -2.31. The van der Waals surface area contributed by atoms with Crippen LogP contribution in [0.15, 0.2) is 16.9 Å². The molecular weight excluding hydrogens is 382 g/mol. The minimum Gasteiger partial charge on any atom is -0.493 e. The number of aromatic nitrogens is 2. The highest BCUT2D eigenvalue weighted by molar-refractivity contribution is 5.82. The van der Waals surface area contributed by atoms with E-state index >= 15 is 0 Å². The molecule has 30 heavy (non-hydrogen) atoms. The number of amides is 1. The summed E-state index contributed by atoms with van der Waals surface area (Å²) in [6.07, 6.45) is 9.25. The third-order valence-corrected chi connectivity index (χ3v) is 6.06. The Balaban J connectivity index is 1.68. The number of carbonyl (C=O) groups excluding carboxylic acids is 1. The second kappa shape index (κ2) is 10.5. The quantitative estimate of drug-likeness (QED) is 0.668. The van der Waals surface area contributed by atoms with Gasteiger partial charge in [0.2, 0.25) is 5.91 Å². The number of nitrogens with one attached hydrogen (secondary N) is 1. The fraction of sp³-hybridized carbons (Fsp3) is 0.609. The standard InChI is InChI=1S/C23H33N3O4/c1-4-26(22(27)12-8-11-16-9-6-5-7-10-16)15-21-24-18-14-20(30-3)19(29-2)13-17(18)23(28)25-21/h13-14,16H,4-12,15H2,1-3H3,(H,24,25,28). The van der Waals surface area contributed by atoms with Crippen LogP contribution in [0.25, 0.3) is 10.9 Å². The van der Waals surface area contributed by atoms with Crippen LogP contribution in [-0.2, 0) is 11.3 Å². The number of nitrogens with zero attached hydrogens (tertiary/aromatic N) is 2. The molecule has 0 bridgehead atoms. The molecule has 0 radical (unpaired) electrons. The van der Waals surface area contributed by atoms with Gasteiger partial charge in [-0.05, 0) is 31.7 Å². The first-order chi connectivity index (χ1) is 14.5. The maximum absolute atomic E-state index is 12.7. The van der Waals surface area contributed by atoms with Crippen LogP contribution in [0.2, 0.25) is 0 Å². The highest BCUT2D eigenvalue weighted by Crippen LogP contribution is 2.30. The molecule has 1 N–H and O–H groups in total. The van der Waals surface area contributed by atoms with Gasteiger partial charge in [-0.2, -0.15) is 0 Å². The van der Waals surface area contributed by atoms with Gasteiger partial charge in [0.25, 0.3) is 5.56 Å². The van der Waals surface area contributed by atoms with E-state index in [1.54, 1.807) is 24.1 Å². The third kappa shape index (κ3) is 5.32. The van der Waals surface area contributed by atoms with Crippen molar-refractivity contribution >= 4 is 16.8 Å². The molecule has 1 fully saturated rings. The molecule has 3 rings (SSSR count). The van der Waals surface area contributed by atoms with E-state index < -0.39 is 0 Å². The molecule has 164 valence electrons. The highest BCUT2D eigenvalue weighted by atomic mass is 16.5. The van der Waals surface area contributed by atoms with Crippen LogP contribution in [-0.4, -0.2) is 41.5 Å². The summed E-state index contributed by atoms with van der Waals surface area (Å²) in [4.78, 5) is 34.4. The first-order valence-corrected chi connectivity index (χ1v) is 11.0. The minimum absolute atomic E-state index is 0.114. The Morgan fingerprint density at radius 1 is 1.17 bits per heavy atom. The predicted octanol–water partition coefficient (Wildman–Crippen LogP) is 4.04. The molecule has 1 aliphatic rings. The van der Waals surface area contributed by atoms with Gasteiger partial charge in [-0.15, -0.1) is 0 Å². The van der Waals surface area contributed by atoms with E-state index in [0.717, 1.165) is 18.8 Å². The lowest BCUT2D eigenvalue weighted by atomic mass is 9.86. The van der Waals surface area contributed by atoms with Crippen molar-refractivity contribution in [3.8, 4) is 11.5 Å². The molecule has 0 atom stereocenters. The van der Waals surface area contributed by atoms with Gasteiger partial charge in [-0.1, -0.05) is 32.1 Å². The van der Waals surface area contributed by atoms with Crippen molar-refractivity contribution in [3.63, 3.8) is 0 Å². The maximum atomic E-state index is 12.7. The van der Waals surface area contributed by atoms with E-state index in [0.29, 0.717) is 41.2 Å². The van der Waals surface area contributed by atoms with Crippen LogP contribution in [0, 0.1) is 5.92 Å². The van der Waals surface area contributed by atoms with Crippen molar-refractivity contribution in [1.82, 2.24) is 14.9 Å². The van der Waals surface area contributed by atoms with Crippen LogP contribution in [0.4, 0.5) is 0 Å². The number of fused-ring (bicyclic) bond motifs is 1. The second-order valence-electron chi connectivity index (χ2n) is 8.04. The Morgan fingerprint density at radius 3 is 2.53 bits per heavy atom. The molecule has 1 saturated carbocycles. The molecule has 2 aromatic rings. The second-order valence-corrected chi connectivity index (χ2v) is 8.04. The summed E-state index contributed by atoms with van der Waals surface area (Å²) in [5, 5.41) is 0.429. The Morgan fingerprint density at radius 2 is 1.87 bits per heavy atom. The van der Waals surface area contributed by atoms with Crippen molar-refractivity contribution in [3.05, 3.63) is 28.3 Å². The number of aromatic amines is 1. The fourth-order valence-corrected chi connectivity index (χ4v) is 4.32. The Labute approximate surface area is 177 Å². The lowest BCUT2D eigenvalue weighted by molar-refractivity contribution is -0.131. The molecule has 0 aliphatic heterocycles. The molecule has 0 unspecified atom stereocenters. The van der Waals surface area contributed by atoms with Crippen molar-refractivity contribution in [1.29, 1.82) is 0 Å². The van der Waals surface area contributed by atoms with E-state index in [1.165, 1.54) is 39.2 Å². The number of H-pyrrole nitrogens is 1. The average molecular weight is 416 g/mol. The number of carbonyl (C=O) groups is 1. The smallest absolute Gasteiger partial charge is 0.258 e. The van der Waals surface area contributed by atoms with E-state index in [2.05, 4.69) is 9.97 Å². The summed E-state index contributed by atoms with van der Waals surface area (Å²) in [6.45, 7) is 2.82. The zero-order valence-corrected chi connectivity index (χ0v) is 18.3. The SMILES string of the molecule is CCN(Cc1nc2cc(OC)c(OC)cc2c(=O)[nH]1)C(=O)CCCC1CCCCC1. The van der Waals surface area contributed by atoms with Gasteiger partial charge in [-0.25, -0.2) is 4.98 Å². The third-order valence-electron chi connectivity index (χ3n) is 6.06. The van der Waals surface area contributed by atoms with Gasteiger partial charge in [0.15, 0.2) is 11.5 Å². The monoisotopic (exact) mass is 415 g/mol. The van der Waals surface area contributed by atoms with E-state index in [1.807, 2.05) is 6.92 Å². The number of rotatable bonds is 9. The zero-order valence-electron chi connectivity index (χ0n) is 18.3. The highest BCUT2D eigenvalue weighted by Gasteiger charge is 2.18. The predicted molar refractivity (Wildman–Crippen MR) is 117 cm³/mol. The van der Waals surface area contributed by atoms with Gasteiger partial charge in [-0.3, -0.25) is 9.59 Å². The molecule has 1 aliphatic carbocycles. The zero-order chi connectivity index (χ0) is 21.5. The number of benzene rings is 1. The molecule has 0 spiro atoms. The van der Waals surface area contributed by atoms with Crippen LogP contribution in [0.3, 0.4) is 0 Å². The Kier molecular flexibility index (Phi) is 7.71. The summed E-state index contributed by atoms with van der Waals surface area (Å²) in [5.41, 5.74) is 0.268. The molecule has 1 amide bonds. The molecule has 0 saturated heterocycles. The number of ether oxygens (including phenoxy) is 2. The summed E-state index contributed by atoms with van der Waals surface area (Å²) >= 11 is 0. The van der Waals surface area contributed by atoms with Crippen molar-refractivity contribution in [2.45, 2.75) is 64.8 Å². The minimum atomic E-state index is -0.253. The van der Waals surface area contributed by atoms with Gasteiger partial charge < -0.3 is 19.4 Å². The number of methoxy groups -OCH3 is 2. The first kappa shape index (κ1) is 22.1. The van der Waals surface area contributed by atoms with Crippen molar-refractivity contribution in [2.24, 2.45) is 5.92 Å². The Bertz CT molecular complexity index is 919. The summed E-state index contributed by atoms with van der Waals surface area (Å²) < 4.78 is 10.6. The van der Waals surface area contributed by atoms with E-state index in [-0.39, 0.29) is 18.0 Å². The molecule has 1 heterocycles. The lowest BCUT2D eigenvalue weighted by Gasteiger charge is -2.23. The topological polar surface area (TPSA) is 84.5 Å². The summed E-state index contributed by atoms with van der Waals surface area (Å²) in [7, 11) is 3.07. The Hall–Kier alpha value is -2.57. The van der Waals surface area contributed by atoms with Gasteiger partial charge in [0, 0.05) is 19.0 Å². The molecule has 7 nitrogen and oxygen atoms in total. The summed E-state index contributed by atoms with van der Waals surface area (Å²) in [5.74, 6) is 2.37. The van der Waals surface area contributed by atoms with Crippen LogP contribution in [0.5, 0.6) is 11.5 Å². The fourth-order valence-electron chi connectivity index (χ4n) is 4.32. The van der Waals surface area contributed by atoms with Gasteiger partial charge >= 0.3 is 0 Å². The van der Waals surface area contributed by atoms with Crippen molar-refractivity contribution < 1.29 is 14.3 Å². The van der Waals surface area contributed by atoms with Crippen LogP contribution >= 0.6 is 0 Å². The van der Waals surface area contributed by atoms with E-state index in [9.17, 15) is 9.59 Å². The molecular formula is C23H33N3O4. The number of hydrogen-bond donors (Lipinski definition) is 1. The largest absolute Gasteiger partial charge is 0.493 e. The first-order valence-electron chi connectivity index (χ1n) is 11.0. The van der Waals surface area contributed by atoms with Crippen LogP contribution < -0.4 is 15.0 Å².